The van der Waals surface area contributed by atoms with Crippen LogP contribution in [0.3, 0.4) is 0 Å². The van der Waals surface area contributed by atoms with Crippen molar-refractivity contribution in [1.29, 1.82) is 0 Å². The number of ether oxygens (including phenoxy) is 4. The maximum atomic E-state index is 14.8. The third-order valence-corrected chi connectivity index (χ3v) is 17.9. The van der Waals surface area contributed by atoms with Crippen molar-refractivity contribution in [3.05, 3.63) is 95.6 Å². The van der Waals surface area contributed by atoms with Gasteiger partial charge in [-0.25, -0.2) is 19.2 Å². The summed E-state index contributed by atoms with van der Waals surface area (Å²) < 4.78 is 23.0. The van der Waals surface area contributed by atoms with Gasteiger partial charge in [-0.05, 0) is 125 Å². The van der Waals surface area contributed by atoms with Crippen LogP contribution in [0.15, 0.2) is 78.9 Å². The van der Waals surface area contributed by atoms with Crippen LogP contribution < -0.4 is 42.5 Å². The van der Waals surface area contributed by atoms with Gasteiger partial charge in [0.15, 0.2) is 0 Å². The van der Waals surface area contributed by atoms with E-state index in [1.807, 2.05) is 71.7 Å². The largest absolute Gasteiger partial charge is 0.480 e. The molecule has 9 N–H and O–H groups in total. The molecule has 544 valence electrons. The molecule has 0 aliphatic carbocycles. The van der Waals surface area contributed by atoms with Gasteiger partial charge in [-0.1, -0.05) is 123 Å². The standard InChI is InChI=1S/C72H111N11O15/c1-18-46(8)61(56(95-16)41-57(84)83-38-23-27-55(83)62(96-17)47(9)63(85)77-54(68(90)91)40-49-24-20-19-21-25-49)82(15)67(89)59(44(4)5)78-66(88)60(45(6)7)80(13)39-36-48-30-34-52(35-31-48)81(14)71(94)97-42-50-28-32-51(33-29-50)75-64(86)53(26-22-37-74-69(73)92)76-65(87)58(43(2)3)79-70(93)98-72(10,11)12/h19-21,24-25,28-35,43-47,53-56,58-62H,18,22-23,26-27,36-42H2,1-17H3,(H,75,86)(H,76,87)(H,77,85)(H,78,88)(H,79,93)(H,90,91)(H3,73,74,92). The Kier molecular flexibility index (Phi) is 32.9. The Morgan fingerprint density at radius 3 is 1.87 bits per heavy atom. The van der Waals surface area contributed by atoms with E-state index in [0.29, 0.717) is 62.1 Å². The number of carbonyl (C=O) groups excluding carboxylic acids is 9. The zero-order valence-corrected chi connectivity index (χ0v) is 60.6. The molecule has 26 heteroatoms. The summed E-state index contributed by atoms with van der Waals surface area (Å²) in [5.41, 5.74) is 7.71. The number of primary amides is 1. The van der Waals surface area contributed by atoms with Crippen molar-refractivity contribution < 1.29 is 72.0 Å². The molecular formula is C72H111N11O15. The first-order chi connectivity index (χ1) is 46.1. The molecule has 98 heavy (non-hydrogen) atoms. The number of hydrogen-bond acceptors (Lipinski definition) is 15. The summed E-state index contributed by atoms with van der Waals surface area (Å²) in [7, 11) is 8.14. The van der Waals surface area contributed by atoms with Crippen molar-refractivity contribution in [2.24, 2.45) is 35.3 Å². The third kappa shape index (κ3) is 25.2. The summed E-state index contributed by atoms with van der Waals surface area (Å²) in [5, 5.41) is 26.4. The van der Waals surface area contributed by atoms with E-state index in [-0.39, 0.29) is 73.8 Å². The van der Waals surface area contributed by atoms with E-state index in [1.165, 1.54) is 19.1 Å². The van der Waals surface area contributed by atoms with Crippen molar-refractivity contribution >= 4 is 71.0 Å². The van der Waals surface area contributed by atoms with Gasteiger partial charge >= 0.3 is 24.2 Å². The van der Waals surface area contributed by atoms with Gasteiger partial charge < -0.3 is 71.5 Å². The second-order valence-corrected chi connectivity index (χ2v) is 27.7. The molecule has 1 aliphatic heterocycles. The molecule has 0 saturated carbocycles. The summed E-state index contributed by atoms with van der Waals surface area (Å²) in [6.45, 7) is 22.9. The molecule has 11 unspecified atom stereocenters. The topological polar surface area (TPSA) is 339 Å². The fourth-order valence-electron chi connectivity index (χ4n) is 12.3. The molecule has 1 heterocycles. The van der Waals surface area contributed by atoms with E-state index >= 15 is 0 Å². The van der Waals surface area contributed by atoms with Crippen LogP contribution in [-0.2, 0) is 72.0 Å². The minimum atomic E-state index is -1.17. The van der Waals surface area contributed by atoms with Crippen LogP contribution in [-0.4, -0.2) is 195 Å². The Morgan fingerprint density at radius 1 is 0.704 bits per heavy atom. The van der Waals surface area contributed by atoms with Gasteiger partial charge in [-0.2, -0.15) is 0 Å². The average molecular weight is 1370 g/mol. The molecule has 4 rings (SSSR count). The Labute approximate surface area is 579 Å². The average Bonchev–Trinajstić information content (AvgIpc) is 1.43. The number of nitrogens with two attached hydrogens (primary N) is 1. The maximum absolute atomic E-state index is 14.8. The number of aliphatic carboxylic acids is 1. The maximum Gasteiger partial charge on any atom is 0.414 e. The van der Waals surface area contributed by atoms with E-state index in [9.17, 15) is 53.1 Å². The summed E-state index contributed by atoms with van der Waals surface area (Å²) in [6, 6.07) is 16.4. The van der Waals surface area contributed by atoms with Gasteiger partial charge in [0, 0.05) is 65.7 Å². The first-order valence-electron chi connectivity index (χ1n) is 34.0. The Hall–Kier alpha value is -8.36. The summed E-state index contributed by atoms with van der Waals surface area (Å²) >= 11 is 0. The number of alkyl carbamates (subject to hydrolysis) is 1. The van der Waals surface area contributed by atoms with Crippen molar-refractivity contribution in [2.75, 3.05) is 65.2 Å². The predicted octanol–water partition coefficient (Wildman–Crippen LogP) is 7.25. The van der Waals surface area contributed by atoms with Crippen molar-refractivity contribution in [3.63, 3.8) is 0 Å². The van der Waals surface area contributed by atoms with Gasteiger partial charge in [0.2, 0.25) is 35.4 Å². The van der Waals surface area contributed by atoms with Crippen molar-refractivity contribution in [2.45, 2.75) is 201 Å². The lowest BCUT2D eigenvalue weighted by molar-refractivity contribution is -0.148. The Balaban J connectivity index is 1.35. The predicted molar refractivity (Wildman–Crippen MR) is 374 cm³/mol. The van der Waals surface area contributed by atoms with E-state index in [0.717, 1.165) is 11.1 Å². The highest BCUT2D eigenvalue weighted by molar-refractivity contribution is 5.98. The van der Waals surface area contributed by atoms with E-state index < -0.39 is 108 Å². The lowest BCUT2D eigenvalue weighted by atomic mass is 9.89. The monoisotopic (exact) mass is 1370 g/mol. The van der Waals surface area contributed by atoms with Crippen LogP contribution in [0, 0.1) is 29.6 Å². The molecule has 10 amide bonds. The number of amides is 10. The number of carbonyl (C=O) groups is 10. The van der Waals surface area contributed by atoms with E-state index in [4.69, 9.17) is 24.7 Å². The van der Waals surface area contributed by atoms with Gasteiger partial charge in [-0.3, -0.25) is 38.6 Å². The highest BCUT2D eigenvalue weighted by atomic mass is 16.6. The molecule has 26 nitrogen and oxygen atoms in total. The molecule has 0 spiro atoms. The van der Waals surface area contributed by atoms with Crippen LogP contribution >= 0.6 is 0 Å². The second-order valence-electron chi connectivity index (χ2n) is 27.7. The molecule has 1 saturated heterocycles. The van der Waals surface area contributed by atoms with Gasteiger partial charge in [-0.15, -0.1) is 0 Å². The molecular weight excluding hydrogens is 1260 g/mol. The van der Waals surface area contributed by atoms with Gasteiger partial charge in [0.05, 0.1) is 42.7 Å². The first-order valence-corrected chi connectivity index (χ1v) is 34.0. The minimum absolute atomic E-state index is 0.0816. The lowest BCUT2D eigenvalue weighted by Crippen LogP contribution is -2.60. The number of rotatable bonds is 37. The molecule has 3 aromatic rings. The molecule has 0 aromatic heterocycles. The second kappa shape index (κ2) is 39.3. The molecule has 3 aromatic carbocycles. The quantitative estimate of drug-likeness (QED) is 0.0263. The van der Waals surface area contributed by atoms with Crippen LogP contribution in [0.5, 0.6) is 0 Å². The van der Waals surface area contributed by atoms with Gasteiger partial charge in [0.1, 0.15) is 36.4 Å². The van der Waals surface area contributed by atoms with Crippen LogP contribution in [0.4, 0.5) is 25.8 Å². The zero-order chi connectivity index (χ0) is 73.3. The third-order valence-electron chi connectivity index (χ3n) is 17.9. The minimum Gasteiger partial charge on any atom is -0.480 e. The highest BCUT2D eigenvalue weighted by Crippen LogP contribution is 2.31. The number of urea groups is 1. The molecule has 11 atom stereocenters. The number of nitrogens with zero attached hydrogens (tertiary/aromatic N) is 4. The number of likely N-dealkylation sites (N-methyl/N-ethyl adjacent to an activating group) is 2. The number of methoxy groups -OCH3 is 2. The number of carboxylic acids is 1. The number of hydrogen-bond donors (Lipinski definition) is 8. The highest BCUT2D eigenvalue weighted by Gasteiger charge is 2.44. The number of nitrogens with one attached hydrogen (secondary N) is 6. The number of carboxylic acid groups (broad SMARTS) is 1. The summed E-state index contributed by atoms with van der Waals surface area (Å²) in [4.78, 5) is 141. The van der Waals surface area contributed by atoms with E-state index in [2.05, 4.69) is 31.9 Å². The molecule has 1 aliphatic rings. The molecule has 1 fully saturated rings. The summed E-state index contributed by atoms with van der Waals surface area (Å²) in [6.07, 6.45) is -0.0577. The molecule has 0 radical (unpaired) electrons. The Bertz CT molecular complexity index is 3090. The smallest absolute Gasteiger partial charge is 0.414 e. The Morgan fingerprint density at radius 2 is 1.32 bits per heavy atom. The zero-order valence-electron chi connectivity index (χ0n) is 60.6. The van der Waals surface area contributed by atoms with Gasteiger partial charge in [0.25, 0.3) is 0 Å². The molecule has 0 bridgehead atoms. The SMILES string of the molecule is CCC(C)C(C(CC(=O)N1CCCC1C(OC)C(C)C(=O)NC(Cc1ccccc1)C(=O)O)OC)N(C)C(=O)C(NC(=O)C(C(C)C)N(C)CCc1ccc(N(C)C(=O)OCc2ccc(NC(=O)C(CCCNC(N)=O)NC(=O)C(NC(=O)OC(C)(C)C)C(C)C)cc2)cc1)C(C)C. The number of benzene rings is 3. The van der Waals surface area contributed by atoms with Crippen molar-refractivity contribution in [3.8, 4) is 0 Å². The van der Waals surface area contributed by atoms with Crippen LogP contribution in [0.1, 0.15) is 138 Å². The fourth-order valence-corrected chi connectivity index (χ4v) is 12.3. The lowest BCUT2D eigenvalue weighted by Gasteiger charge is -2.41. The van der Waals surface area contributed by atoms with E-state index in [1.54, 1.807) is 126 Å². The normalized spacial score (nSPS) is 16.3. The summed E-state index contributed by atoms with van der Waals surface area (Å²) in [5.74, 6) is -5.49. The van der Waals surface area contributed by atoms with Crippen molar-refractivity contribution in [1.82, 2.24) is 41.3 Å². The number of likely N-dealkylation sites (tertiary alicyclic amines) is 1. The van der Waals surface area contributed by atoms with Crippen LogP contribution in [0.2, 0.25) is 0 Å². The van der Waals surface area contributed by atoms with Crippen LogP contribution in [0.25, 0.3) is 0 Å². The first kappa shape index (κ1) is 82.1. The number of anilines is 2. The fraction of sp³-hybridized carbons (Fsp3) is 0.611.